The van der Waals surface area contributed by atoms with Crippen molar-refractivity contribution >= 4 is 29.0 Å². The van der Waals surface area contributed by atoms with Crippen LogP contribution in [0.15, 0.2) is 18.2 Å². The van der Waals surface area contributed by atoms with Crippen molar-refractivity contribution in [2.24, 2.45) is 5.92 Å². The zero-order chi connectivity index (χ0) is 16.0. The molecule has 0 saturated carbocycles. The Bertz CT molecular complexity index is 478. The van der Waals surface area contributed by atoms with Crippen molar-refractivity contribution in [1.82, 2.24) is 5.32 Å². The lowest BCUT2D eigenvalue weighted by atomic mass is 10.0. The molecule has 0 aliphatic rings. The number of para-hydroxylation sites is 1. The van der Waals surface area contributed by atoms with E-state index in [9.17, 15) is 9.90 Å². The molecular weight excluding hydrogens is 290 g/mol. The predicted molar refractivity (Wildman–Crippen MR) is 88.3 cm³/mol. The number of amides is 2. The lowest BCUT2D eigenvalue weighted by Gasteiger charge is -2.22. The molecule has 1 unspecified atom stereocenters. The number of rotatable bonds is 6. The predicted octanol–water partition coefficient (Wildman–Crippen LogP) is 2.93. The number of aliphatic hydroxyl groups excluding tert-OH is 1. The highest BCUT2D eigenvalue weighted by Crippen LogP contribution is 2.32. The molecule has 3 N–H and O–H groups in total. The van der Waals surface area contributed by atoms with Crippen LogP contribution in [0.25, 0.3) is 0 Å². The largest absolute Gasteiger partial charge is 0.394 e. The molecule has 0 bridgehead atoms. The number of benzene rings is 1. The van der Waals surface area contributed by atoms with Crippen LogP contribution in [-0.2, 0) is 0 Å². The second-order valence-electron chi connectivity index (χ2n) is 5.64. The zero-order valence-electron chi connectivity index (χ0n) is 13.0. The van der Waals surface area contributed by atoms with E-state index in [1.54, 1.807) is 18.2 Å². The van der Waals surface area contributed by atoms with Gasteiger partial charge in [-0.05, 0) is 24.5 Å². The maximum Gasteiger partial charge on any atom is 0.319 e. The fraction of sp³-hybridized carbons (Fsp3) is 0.533. The number of halogens is 1. The van der Waals surface area contributed by atoms with Gasteiger partial charge in [0.1, 0.15) is 0 Å². The minimum absolute atomic E-state index is 0.0817. The van der Waals surface area contributed by atoms with Gasteiger partial charge in [-0.15, -0.1) is 0 Å². The van der Waals surface area contributed by atoms with Gasteiger partial charge in [0.15, 0.2) is 0 Å². The monoisotopic (exact) mass is 313 g/mol. The highest BCUT2D eigenvalue weighted by molar-refractivity contribution is 6.34. The average Bonchev–Trinajstić information content (AvgIpc) is 2.36. The minimum atomic E-state index is -0.347. The van der Waals surface area contributed by atoms with Crippen molar-refractivity contribution < 1.29 is 9.90 Å². The molecule has 0 spiro atoms. The van der Waals surface area contributed by atoms with Gasteiger partial charge in [-0.2, -0.15) is 0 Å². The number of urea groups is 1. The van der Waals surface area contributed by atoms with Crippen molar-refractivity contribution in [2.75, 3.05) is 30.9 Å². The standard InChI is InChI=1S/C15H24ClN3O2/c1-10(2)8-11(9-20)17-15(21)18-13-7-5-6-12(16)14(13)19(3)4/h5-7,10-11,20H,8-9H2,1-4H3,(H2,17,18,21). The summed E-state index contributed by atoms with van der Waals surface area (Å²) in [5.41, 5.74) is 1.38. The average molecular weight is 314 g/mol. The molecule has 1 rings (SSSR count). The molecular formula is C15H24ClN3O2. The lowest BCUT2D eigenvalue weighted by molar-refractivity contribution is 0.214. The highest BCUT2D eigenvalue weighted by atomic mass is 35.5. The van der Waals surface area contributed by atoms with Gasteiger partial charge in [-0.25, -0.2) is 4.79 Å². The van der Waals surface area contributed by atoms with Gasteiger partial charge >= 0.3 is 6.03 Å². The van der Waals surface area contributed by atoms with E-state index in [1.807, 2.05) is 32.8 Å². The van der Waals surface area contributed by atoms with Crippen LogP contribution in [0.3, 0.4) is 0 Å². The van der Waals surface area contributed by atoms with E-state index in [-0.39, 0.29) is 18.7 Å². The third kappa shape index (κ3) is 5.44. The Hall–Kier alpha value is -1.46. The number of carbonyl (C=O) groups excluding carboxylic acids is 1. The molecule has 1 aromatic carbocycles. The summed E-state index contributed by atoms with van der Waals surface area (Å²) in [5, 5.41) is 15.4. The van der Waals surface area contributed by atoms with Gasteiger partial charge in [0.2, 0.25) is 0 Å². The van der Waals surface area contributed by atoms with Gasteiger partial charge < -0.3 is 20.6 Å². The SMILES string of the molecule is CC(C)CC(CO)NC(=O)Nc1cccc(Cl)c1N(C)C. The van der Waals surface area contributed by atoms with Gasteiger partial charge in [0, 0.05) is 14.1 Å². The Morgan fingerprint density at radius 1 is 1.38 bits per heavy atom. The molecule has 0 heterocycles. The molecule has 118 valence electrons. The normalized spacial score (nSPS) is 12.1. The van der Waals surface area contributed by atoms with Crippen LogP contribution < -0.4 is 15.5 Å². The van der Waals surface area contributed by atoms with Gasteiger partial charge in [-0.1, -0.05) is 31.5 Å². The van der Waals surface area contributed by atoms with Crippen molar-refractivity contribution in [3.63, 3.8) is 0 Å². The Morgan fingerprint density at radius 2 is 2.05 bits per heavy atom. The topological polar surface area (TPSA) is 64.6 Å². The van der Waals surface area contributed by atoms with Crippen molar-refractivity contribution in [1.29, 1.82) is 0 Å². The van der Waals surface area contributed by atoms with Gasteiger partial charge in [0.25, 0.3) is 0 Å². The summed E-state index contributed by atoms with van der Waals surface area (Å²) in [5.74, 6) is 0.394. The third-order valence-electron chi connectivity index (χ3n) is 2.99. The number of anilines is 2. The van der Waals surface area contributed by atoms with Crippen LogP contribution in [0, 0.1) is 5.92 Å². The van der Waals surface area contributed by atoms with E-state index in [4.69, 9.17) is 11.6 Å². The highest BCUT2D eigenvalue weighted by Gasteiger charge is 2.15. The maximum atomic E-state index is 12.1. The molecule has 2 amide bonds. The number of hydrogen-bond donors (Lipinski definition) is 3. The van der Waals surface area contributed by atoms with Gasteiger partial charge in [0.05, 0.1) is 29.0 Å². The summed E-state index contributed by atoms with van der Waals surface area (Å²) in [6.45, 7) is 4.01. The maximum absolute atomic E-state index is 12.1. The minimum Gasteiger partial charge on any atom is -0.394 e. The summed E-state index contributed by atoms with van der Waals surface area (Å²) >= 11 is 6.16. The molecule has 0 fully saturated rings. The van der Waals surface area contributed by atoms with Gasteiger partial charge in [-0.3, -0.25) is 0 Å². The number of hydrogen-bond acceptors (Lipinski definition) is 3. The first-order valence-electron chi connectivity index (χ1n) is 6.99. The van der Waals surface area contributed by atoms with Crippen LogP contribution in [0.1, 0.15) is 20.3 Å². The molecule has 5 nitrogen and oxygen atoms in total. The van der Waals surface area contributed by atoms with Crippen LogP contribution >= 0.6 is 11.6 Å². The number of nitrogens with one attached hydrogen (secondary N) is 2. The van der Waals surface area contributed by atoms with Crippen LogP contribution in [-0.4, -0.2) is 37.9 Å². The molecule has 0 aliphatic carbocycles. The summed E-state index contributed by atoms with van der Waals surface area (Å²) in [6.07, 6.45) is 0.722. The van der Waals surface area contributed by atoms with E-state index >= 15 is 0 Å². The molecule has 1 atom stereocenters. The molecule has 0 saturated heterocycles. The molecule has 1 aromatic rings. The molecule has 21 heavy (non-hydrogen) atoms. The van der Waals surface area contributed by atoms with Crippen molar-refractivity contribution in [3.05, 3.63) is 23.2 Å². The summed E-state index contributed by atoms with van der Waals surface area (Å²) < 4.78 is 0. The first kappa shape index (κ1) is 17.6. The first-order valence-corrected chi connectivity index (χ1v) is 7.37. The number of aliphatic hydroxyl groups is 1. The van der Waals surface area contributed by atoms with Crippen molar-refractivity contribution in [3.8, 4) is 0 Å². The fourth-order valence-corrected chi connectivity index (χ4v) is 2.51. The van der Waals surface area contributed by atoms with Crippen LogP contribution in [0.5, 0.6) is 0 Å². The summed E-state index contributed by atoms with van der Waals surface area (Å²) in [7, 11) is 3.72. The lowest BCUT2D eigenvalue weighted by Crippen LogP contribution is -2.41. The first-order chi connectivity index (χ1) is 9.85. The third-order valence-corrected chi connectivity index (χ3v) is 3.30. The van der Waals surface area contributed by atoms with E-state index in [0.717, 1.165) is 12.1 Å². The number of carbonyl (C=O) groups is 1. The molecule has 0 aromatic heterocycles. The molecule has 6 heteroatoms. The molecule has 0 radical (unpaired) electrons. The summed E-state index contributed by atoms with van der Waals surface area (Å²) in [6, 6.07) is 4.74. The smallest absolute Gasteiger partial charge is 0.319 e. The Labute approximate surface area is 131 Å². The zero-order valence-corrected chi connectivity index (χ0v) is 13.7. The Balaban J connectivity index is 2.77. The van der Waals surface area contributed by atoms with Crippen LogP contribution in [0.4, 0.5) is 16.2 Å². The van der Waals surface area contributed by atoms with E-state index in [1.165, 1.54) is 0 Å². The second-order valence-corrected chi connectivity index (χ2v) is 6.05. The van der Waals surface area contributed by atoms with E-state index < -0.39 is 0 Å². The van der Waals surface area contributed by atoms with E-state index in [0.29, 0.717) is 16.6 Å². The second kappa shape index (κ2) is 8.10. The van der Waals surface area contributed by atoms with Crippen LogP contribution in [0.2, 0.25) is 5.02 Å². The quantitative estimate of drug-likeness (QED) is 0.756. The summed E-state index contributed by atoms with van der Waals surface area (Å²) in [4.78, 5) is 13.9. The van der Waals surface area contributed by atoms with E-state index in [2.05, 4.69) is 10.6 Å². The Morgan fingerprint density at radius 3 is 2.57 bits per heavy atom. The fourth-order valence-electron chi connectivity index (χ4n) is 2.16. The van der Waals surface area contributed by atoms with Crippen molar-refractivity contribution in [2.45, 2.75) is 26.3 Å². The number of nitrogens with zero attached hydrogens (tertiary/aromatic N) is 1. The Kier molecular flexibility index (Phi) is 6.78. The molecule has 0 aliphatic heterocycles.